The number of urea groups is 1. The minimum atomic E-state index is -0.936. The minimum absolute atomic E-state index is 0.316. The van der Waals surface area contributed by atoms with Crippen LogP contribution in [0, 0.1) is 6.92 Å². The number of nitrogens with one attached hydrogen (secondary N) is 2. The molecule has 0 heterocycles. The Labute approximate surface area is 157 Å². The van der Waals surface area contributed by atoms with Crippen LogP contribution < -0.4 is 10.6 Å². The Morgan fingerprint density at radius 3 is 2.64 bits per heavy atom. The maximum Gasteiger partial charge on any atom is 0.319 e. The molecular formula is C19H20Cl2N2O2. The van der Waals surface area contributed by atoms with Crippen molar-refractivity contribution in [2.24, 2.45) is 0 Å². The Morgan fingerprint density at radius 1 is 1.28 bits per heavy atom. The SMILES string of the molecule is Cc1ccc(CNC(=O)Nc2c(Cl)cc3c(c2Cl)CCC3(C)O)cc1. The van der Waals surface area contributed by atoms with Gasteiger partial charge in [0.05, 0.1) is 21.3 Å². The molecule has 2 aromatic carbocycles. The van der Waals surface area contributed by atoms with Crippen LogP contribution in [-0.4, -0.2) is 11.1 Å². The van der Waals surface area contributed by atoms with Gasteiger partial charge in [0.1, 0.15) is 0 Å². The molecule has 0 bridgehead atoms. The van der Waals surface area contributed by atoms with Crippen LogP contribution in [0.4, 0.5) is 10.5 Å². The molecule has 1 unspecified atom stereocenters. The molecule has 0 fully saturated rings. The zero-order valence-electron chi connectivity index (χ0n) is 14.1. The summed E-state index contributed by atoms with van der Waals surface area (Å²) in [5.41, 5.74) is 3.18. The Bertz CT molecular complexity index is 817. The van der Waals surface area contributed by atoms with Gasteiger partial charge in [0, 0.05) is 6.54 Å². The molecule has 0 saturated heterocycles. The van der Waals surface area contributed by atoms with E-state index in [-0.39, 0.29) is 6.03 Å². The lowest BCUT2D eigenvalue weighted by Crippen LogP contribution is -2.28. The summed E-state index contributed by atoms with van der Waals surface area (Å²) >= 11 is 12.7. The maximum atomic E-state index is 12.2. The van der Waals surface area contributed by atoms with E-state index in [9.17, 15) is 9.90 Å². The number of carbonyl (C=O) groups is 1. The van der Waals surface area contributed by atoms with Gasteiger partial charge >= 0.3 is 6.03 Å². The molecule has 2 aromatic rings. The van der Waals surface area contributed by atoms with Gasteiger partial charge in [-0.25, -0.2) is 4.79 Å². The molecule has 1 aliphatic carbocycles. The minimum Gasteiger partial charge on any atom is -0.385 e. The highest BCUT2D eigenvalue weighted by Crippen LogP contribution is 2.45. The van der Waals surface area contributed by atoms with Gasteiger partial charge in [-0.1, -0.05) is 53.0 Å². The average Bonchev–Trinajstić information content (AvgIpc) is 2.86. The smallest absolute Gasteiger partial charge is 0.319 e. The summed E-state index contributed by atoms with van der Waals surface area (Å²) in [5.74, 6) is 0. The van der Waals surface area contributed by atoms with Crippen molar-refractivity contribution in [3.05, 3.63) is 62.6 Å². The van der Waals surface area contributed by atoms with Crippen molar-refractivity contribution in [2.45, 2.75) is 38.8 Å². The topological polar surface area (TPSA) is 61.4 Å². The van der Waals surface area contributed by atoms with Crippen LogP contribution in [0.15, 0.2) is 30.3 Å². The maximum absolute atomic E-state index is 12.2. The Kier molecular flexibility index (Phi) is 4.96. The summed E-state index contributed by atoms with van der Waals surface area (Å²) in [6.45, 7) is 4.16. The van der Waals surface area contributed by atoms with Crippen molar-refractivity contribution in [3.8, 4) is 0 Å². The fraction of sp³-hybridized carbons (Fsp3) is 0.316. The van der Waals surface area contributed by atoms with Crippen LogP contribution >= 0.6 is 23.2 Å². The summed E-state index contributed by atoms with van der Waals surface area (Å²) < 4.78 is 0. The van der Waals surface area contributed by atoms with Crippen molar-refractivity contribution in [2.75, 3.05) is 5.32 Å². The second-order valence-electron chi connectivity index (χ2n) is 6.64. The first-order chi connectivity index (χ1) is 11.8. The monoisotopic (exact) mass is 378 g/mol. The van der Waals surface area contributed by atoms with Gasteiger partial charge in [0.25, 0.3) is 0 Å². The molecule has 0 radical (unpaired) electrons. The van der Waals surface area contributed by atoms with Gasteiger partial charge in [-0.15, -0.1) is 0 Å². The third-order valence-corrected chi connectivity index (χ3v) is 5.29. The van der Waals surface area contributed by atoms with E-state index in [4.69, 9.17) is 23.2 Å². The molecule has 0 spiro atoms. The predicted octanol–water partition coefficient (Wildman–Crippen LogP) is 4.78. The lowest BCUT2D eigenvalue weighted by atomic mass is 9.98. The van der Waals surface area contributed by atoms with Crippen LogP contribution in [0.5, 0.6) is 0 Å². The van der Waals surface area contributed by atoms with Crippen LogP contribution in [0.2, 0.25) is 10.0 Å². The Balaban J connectivity index is 1.72. The molecule has 0 aliphatic heterocycles. The lowest BCUT2D eigenvalue weighted by molar-refractivity contribution is 0.0595. The highest BCUT2D eigenvalue weighted by Gasteiger charge is 2.35. The first kappa shape index (κ1) is 18.1. The number of carbonyl (C=O) groups excluding carboxylic acids is 1. The molecule has 1 aliphatic rings. The van der Waals surface area contributed by atoms with Gasteiger partial charge in [-0.3, -0.25) is 0 Å². The number of anilines is 1. The summed E-state index contributed by atoms with van der Waals surface area (Å²) in [6, 6.07) is 9.23. The summed E-state index contributed by atoms with van der Waals surface area (Å²) in [7, 11) is 0. The third-order valence-electron chi connectivity index (χ3n) is 4.57. The average molecular weight is 379 g/mol. The van der Waals surface area contributed by atoms with Gasteiger partial charge in [-0.05, 0) is 49.4 Å². The van der Waals surface area contributed by atoms with Gasteiger partial charge in [0.2, 0.25) is 0 Å². The molecule has 3 N–H and O–H groups in total. The summed E-state index contributed by atoms with van der Waals surface area (Å²) in [5, 5.41) is 16.6. The van der Waals surface area contributed by atoms with E-state index in [2.05, 4.69) is 10.6 Å². The number of halogens is 2. The number of rotatable bonds is 3. The standard InChI is InChI=1S/C19H20Cl2N2O2/c1-11-3-5-12(6-4-11)10-22-18(24)23-17-15(20)9-14-13(16(17)21)7-8-19(14,2)25/h3-6,9,25H,7-8,10H2,1-2H3,(H2,22,23,24). The fourth-order valence-corrected chi connectivity index (χ4v) is 3.69. The quantitative estimate of drug-likeness (QED) is 0.719. The number of aliphatic hydroxyl groups is 1. The molecular weight excluding hydrogens is 359 g/mol. The van der Waals surface area contributed by atoms with Crippen LogP contribution in [0.3, 0.4) is 0 Å². The lowest BCUT2D eigenvalue weighted by Gasteiger charge is -2.20. The third kappa shape index (κ3) is 3.76. The first-order valence-electron chi connectivity index (χ1n) is 8.12. The van der Waals surface area contributed by atoms with E-state index in [1.54, 1.807) is 13.0 Å². The van der Waals surface area contributed by atoms with Crippen molar-refractivity contribution in [3.63, 3.8) is 0 Å². The zero-order valence-corrected chi connectivity index (χ0v) is 15.6. The number of benzene rings is 2. The number of fused-ring (bicyclic) bond motifs is 1. The van der Waals surface area contributed by atoms with Crippen molar-refractivity contribution in [1.82, 2.24) is 5.32 Å². The Morgan fingerprint density at radius 2 is 1.96 bits per heavy atom. The zero-order chi connectivity index (χ0) is 18.2. The molecule has 25 heavy (non-hydrogen) atoms. The van der Waals surface area contributed by atoms with E-state index >= 15 is 0 Å². The largest absolute Gasteiger partial charge is 0.385 e. The van der Waals surface area contributed by atoms with E-state index in [1.165, 1.54) is 5.56 Å². The van der Waals surface area contributed by atoms with E-state index < -0.39 is 5.60 Å². The van der Waals surface area contributed by atoms with Crippen molar-refractivity contribution < 1.29 is 9.90 Å². The van der Waals surface area contributed by atoms with Crippen LogP contribution in [0.25, 0.3) is 0 Å². The number of hydrogen-bond acceptors (Lipinski definition) is 2. The van der Waals surface area contributed by atoms with Crippen LogP contribution in [0.1, 0.15) is 35.6 Å². The number of hydrogen-bond donors (Lipinski definition) is 3. The molecule has 132 valence electrons. The molecule has 4 nitrogen and oxygen atoms in total. The molecule has 0 aromatic heterocycles. The molecule has 3 rings (SSSR count). The molecule has 1 atom stereocenters. The summed E-state index contributed by atoms with van der Waals surface area (Å²) in [4.78, 5) is 12.2. The summed E-state index contributed by atoms with van der Waals surface area (Å²) in [6.07, 6.45) is 1.24. The van der Waals surface area contributed by atoms with E-state index in [0.29, 0.717) is 35.1 Å². The van der Waals surface area contributed by atoms with Crippen molar-refractivity contribution >= 4 is 34.9 Å². The second kappa shape index (κ2) is 6.87. The fourth-order valence-electron chi connectivity index (χ4n) is 3.05. The number of amides is 2. The Hall–Kier alpha value is -1.75. The number of aryl methyl sites for hydroxylation is 1. The van der Waals surface area contributed by atoms with Crippen molar-refractivity contribution in [1.29, 1.82) is 0 Å². The normalized spacial score (nSPS) is 18.8. The van der Waals surface area contributed by atoms with Gasteiger partial charge < -0.3 is 15.7 Å². The predicted molar refractivity (Wildman–Crippen MR) is 101 cm³/mol. The second-order valence-corrected chi connectivity index (χ2v) is 7.43. The molecule has 6 heteroatoms. The molecule has 2 amide bonds. The van der Waals surface area contributed by atoms with E-state index in [0.717, 1.165) is 16.7 Å². The van der Waals surface area contributed by atoms with Gasteiger partial charge in [-0.2, -0.15) is 0 Å². The van der Waals surface area contributed by atoms with Gasteiger partial charge in [0.15, 0.2) is 0 Å². The highest BCUT2D eigenvalue weighted by molar-refractivity contribution is 6.40. The molecule has 0 saturated carbocycles. The van der Waals surface area contributed by atoms with Crippen LogP contribution in [-0.2, 0) is 18.6 Å². The van der Waals surface area contributed by atoms with E-state index in [1.807, 2.05) is 31.2 Å². The highest BCUT2D eigenvalue weighted by atomic mass is 35.5. The first-order valence-corrected chi connectivity index (χ1v) is 8.87.